The minimum absolute atomic E-state index is 0.0459. The quantitative estimate of drug-likeness (QED) is 0.491. The van der Waals surface area contributed by atoms with Crippen LogP contribution in [-0.2, 0) is 10.3 Å². The summed E-state index contributed by atoms with van der Waals surface area (Å²) >= 11 is 5.99. The molecule has 1 saturated heterocycles. The van der Waals surface area contributed by atoms with Gasteiger partial charge in [-0.3, -0.25) is 4.79 Å². The van der Waals surface area contributed by atoms with Crippen LogP contribution < -0.4 is 4.74 Å². The topological polar surface area (TPSA) is 96.3 Å². The number of benzene rings is 2. The molecule has 0 aromatic heterocycles. The number of para-hydroxylation sites is 1. The van der Waals surface area contributed by atoms with Crippen LogP contribution in [0.15, 0.2) is 36.4 Å². The molecule has 35 heavy (non-hydrogen) atoms. The summed E-state index contributed by atoms with van der Waals surface area (Å²) in [5.74, 6) is -0.933. The second-order valence-electron chi connectivity index (χ2n) is 10.1. The van der Waals surface area contributed by atoms with Gasteiger partial charge in [-0.25, -0.2) is 4.79 Å². The summed E-state index contributed by atoms with van der Waals surface area (Å²) in [6, 6.07) is 9.04. The van der Waals surface area contributed by atoms with E-state index in [1.54, 1.807) is 17.0 Å². The van der Waals surface area contributed by atoms with E-state index in [2.05, 4.69) is 0 Å². The summed E-state index contributed by atoms with van der Waals surface area (Å²) in [6.45, 7) is 7.70. The molecule has 0 saturated carbocycles. The minimum Gasteiger partial charge on any atom is -0.507 e. The first-order chi connectivity index (χ1) is 17.5. The molecule has 1 heterocycles. The molecule has 0 radical (unpaired) electrons. The van der Waals surface area contributed by atoms with Gasteiger partial charge in [-0.15, -0.1) is 0 Å². The molecule has 0 aliphatic carbocycles. The first kappa shape index (κ1) is 22.7. The Morgan fingerprint density at radius 2 is 1.86 bits per heavy atom. The fourth-order valence-electron chi connectivity index (χ4n) is 4.34. The number of ketones is 1. The van der Waals surface area contributed by atoms with Gasteiger partial charge in [0.05, 0.1) is 22.3 Å². The van der Waals surface area contributed by atoms with Crippen molar-refractivity contribution in [2.75, 3.05) is 20.1 Å². The van der Waals surface area contributed by atoms with Crippen molar-refractivity contribution in [1.29, 1.82) is 0 Å². The van der Waals surface area contributed by atoms with E-state index in [0.29, 0.717) is 31.5 Å². The van der Waals surface area contributed by atoms with E-state index in [9.17, 15) is 19.8 Å². The van der Waals surface area contributed by atoms with Crippen LogP contribution in [0.1, 0.15) is 78.5 Å². The summed E-state index contributed by atoms with van der Waals surface area (Å²) in [7, 11) is -2.79. The van der Waals surface area contributed by atoms with Gasteiger partial charge in [0.25, 0.3) is 0 Å². The van der Waals surface area contributed by atoms with E-state index in [-0.39, 0.29) is 39.7 Å². The van der Waals surface area contributed by atoms with E-state index >= 15 is 0 Å². The number of hydrogen-bond donors (Lipinski definition) is 2. The Morgan fingerprint density at radius 3 is 2.49 bits per heavy atom. The normalized spacial score (nSPS) is 18.1. The molecule has 0 spiro atoms. The Balaban J connectivity index is 1.77. The number of aromatic hydroxyl groups is 1. The van der Waals surface area contributed by atoms with Crippen molar-refractivity contribution >= 4 is 23.5 Å². The summed E-state index contributed by atoms with van der Waals surface area (Å²) in [5, 5.41) is 22.4. The predicted molar refractivity (Wildman–Crippen MR) is 134 cm³/mol. The van der Waals surface area contributed by atoms with Gasteiger partial charge < -0.3 is 24.6 Å². The van der Waals surface area contributed by atoms with Gasteiger partial charge in [0, 0.05) is 30.1 Å². The van der Waals surface area contributed by atoms with E-state index in [1.807, 2.05) is 20.8 Å². The summed E-state index contributed by atoms with van der Waals surface area (Å²) in [5.41, 5.74) is -1.68. The van der Waals surface area contributed by atoms with E-state index in [1.165, 1.54) is 31.2 Å². The van der Waals surface area contributed by atoms with Crippen LogP contribution >= 0.6 is 11.6 Å². The average molecular weight is 507 g/mol. The third-order valence-corrected chi connectivity index (χ3v) is 6.33. The Bertz CT molecular complexity index is 1180. The number of methoxy groups -OCH3 is 1. The third-order valence-electron chi connectivity index (χ3n) is 6.09. The Morgan fingerprint density at radius 1 is 1.17 bits per heavy atom. The van der Waals surface area contributed by atoms with Gasteiger partial charge in [-0.1, -0.05) is 29.8 Å². The van der Waals surface area contributed by atoms with Gasteiger partial charge in [-0.2, -0.15) is 0 Å². The molecule has 2 aromatic rings. The van der Waals surface area contributed by atoms with Crippen molar-refractivity contribution < 1.29 is 33.4 Å². The first-order valence-corrected chi connectivity index (χ1v) is 11.9. The Kier molecular flexibility index (Phi) is 6.78. The number of carbonyl (C=O) groups excluding carboxylic acids is 2. The van der Waals surface area contributed by atoms with Crippen molar-refractivity contribution in [2.45, 2.75) is 64.1 Å². The van der Waals surface area contributed by atoms with Gasteiger partial charge >= 0.3 is 6.09 Å². The van der Waals surface area contributed by atoms with Crippen LogP contribution in [0.2, 0.25) is 5.02 Å². The number of piperidine rings is 1. The van der Waals surface area contributed by atoms with Crippen LogP contribution in [0.5, 0.6) is 11.5 Å². The molecule has 2 aromatic carbocycles. The maximum Gasteiger partial charge on any atom is 0.410 e. The molecule has 3 rings (SSSR count). The second-order valence-corrected chi connectivity index (χ2v) is 10.5. The van der Waals surface area contributed by atoms with Crippen LogP contribution in [0.25, 0.3) is 0 Å². The van der Waals surface area contributed by atoms with E-state index in [0.717, 1.165) is 0 Å². The largest absolute Gasteiger partial charge is 0.507 e. The molecule has 1 aliphatic heterocycles. The third kappa shape index (κ3) is 6.47. The highest BCUT2D eigenvalue weighted by Gasteiger charge is 2.33. The lowest BCUT2D eigenvalue weighted by Crippen LogP contribution is -2.41. The maximum atomic E-state index is 13.3. The number of phenols is 1. The van der Waals surface area contributed by atoms with E-state index in [4.69, 9.17) is 25.2 Å². The highest BCUT2D eigenvalue weighted by molar-refractivity contribution is 6.30. The zero-order chi connectivity index (χ0) is 28.5. The number of aliphatic hydroxyl groups is 1. The van der Waals surface area contributed by atoms with Gasteiger partial charge in [0.15, 0.2) is 5.78 Å². The maximum absolute atomic E-state index is 13.3. The number of Topliss-reactive ketones (excluding diaryl/α,β-unsaturated/α-hetero) is 1. The van der Waals surface area contributed by atoms with Crippen molar-refractivity contribution in [2.24, 2.45) is 0 Å². The Labute approximate surface area is 215 Å². The van der Waals surface area contributed by atoms with Crippen LogP contribution in [0.4, 0.5) is 4.79 Å². The number of halogens is 1. The number of hydrogen-bond acceptors (Lipinski definition) is 6. The van der Waals surface area contributed by atoms with Crippen LogP contribution in [-0.4, -0.2) is 52.7 Å². The van der Waals surface area contributed by atoms with Crippen molar-refractivity contribution in [3.8, 4) is 11.5 Å². The average Bonchev–Trinajstić information content (AvgIpc) is 2.76. The molecular weight excluding hydrogens is 470 g/mol. The number of ether oxygens (including phenoxy) is 2. The van der Waals surface area contributed by atoms with Crippen molar-refractivity contribution in [1.82, 2.24) is 4.90 Å². The number of rotatable bonds is 6. The number of amides is 1. The zero-order valence-electron chi connectivity index (χ0n) is 23.4. The standard InChI is InChI=1S/C27H34ClNO6/c1-26(2,3)35-25(32)29-13-11-17(12-14-29)19-7-6-8-20(24(19)31)22(30)16-27(4,33)21-10-9-18(28)15-23(21)34-5/h6-10,15,17,31,33H,11-14,16H2,1-5H3/i5D3. The molecule has 2 N–H and O–H groups in total. The lowest BCUT2D eigenvalue weighted by atomic mass is 9.84. The number of carbonyl (C=O) groups is 2. The molecule has 190 valence electrons. The molecule has 7 nitrogen and oxygen atoms in total. The number of nitrogens with zero attached hydrogens (tertiary/aromatic N) is 1. The Hall–Kier alpha value is -2.77. The SMILES string of the molecule is [2H]C([2H])([2H])Oc1cc(Cl)ccc1C(C)(O)CC(=O)c1cccc(C2CCN(C(=O)OC(C)(C)C)CC2)c1O. The second kappa shape index (κ2) is 10.5. The van der Waals surface area contributed by atoms with Crippen LogP contribution in [0, 0.1) is 0 Å². The lowest BCUT2D eigenvalue weighted by molar-refractivity contribution is 0.0204. The summed E-state index contributed by atoms with van der Waals surface area (Å²) < 4.78 is 32.7. The fraction of sp³-hybridized carbons (Fsp3) is 0.481. The smallest absolute Gasteiger partial charge is 0.410 e. The zero-order valence-corrected chi connectivity index (χ0v) is 21.2. The van der Waals surface area contributed by atoms with Crippen molar-refractivity contribution in [3.05, 3.63) is 58.1 Å². The molecule has 0 bridgehead atoms. The molecule has 1 amide bonds. The number of phenolic OH excluding ortho intramolecular Hbond substituents is 1. The van der Waals surface area contributed by atoms with Gasteiger partial charge in [0.1, 0.15) is 17.1 Å². The first-order valence-electron chi connectivity index (χ1n) is 13.0. The molecule has 1 fully saturated rings. The summed E-state index contributed by atoms with van der Waals surface area (Å²) in [4.78, 5) is 27.3. The van der Waals surface area contributed by atoms with E-state index < -0.39 is 30.4 Å². The molecule has 1 unspecified atom stereocenters. The lowest BCUT2D eigenvalue weighted by Gasteiger charge is -2.34. The molecule has 1 aliphatic rings. The molecule has 8 heteroatoms. The highest BCUT2D eigenvalue weighted by atomic mass is 35.5. The monoisotopic (exact) mass is 506 g/mol. The summed E-state index contributed by atoms with van der Waals surface area (Å²) in [6.07, 6.45) is 0.349. The predicted octanol–water partition coefficient (Wildman–Crippen LogP) is 5.65. The molecule has 1 atom stereocenters. The van der Waals surface area contributed by atoms with Crippen LogP contribution in [0.3, 0.4) is 0 Å². The fourth-order valence-corrected chi connectivity index (χ4v) is 4.51. The number of likely N-dealkylation sites (tertiary alicyclic amines) is 1. The van der Waals surface area contributed by atoms with Gasteiger partial charge in [0.2, 0.25) is 0 Å². The van der Waals surface area contributed by atoms with Crippen molar-refractivity contribution in [3.63, 3.8) is 0 Å². The molecular formula is C27H34ClNO6. The minimum atomic E-state index is -2.79. The highest BCUT2D eigenvalue weighted by Crippen LogP contribution is 2.39. The van der Waals surface area contributed by atoms with Gasteiger partial charge in [-0.05, 0) is 70.2 Å².